The zero-order valence-corrected chi connectivity index (χ0v) is 15.8. The van der Waals surface area contributed by atoms with E-state index in [0.717, 1.165) is 45.4 Å². The summed E-state index contributed by atoms with van der Waals surface area (Å²) < 4.78 is 5.32. The predicted octanol–water partition coefficient (Wildman–Crippen LogP) is 1.39. The van der Waals surface area contributed by atoms with E-state index >= 15 is 0 Å². The van der Waals surface area contributed by atoms with Crippen LogP contribution in [-0.2, 0) is 14.3 Å². The Labute approximate surface area is 156 Å². The maximum atomic E-state index is 12.7. The monoisotopic (exact) mass is 363 g/mol. The van der Waals surface area contributed by atoms with Crippen LogP contribution in [0.1, 0.15) is 51.4 Å². The largest absolute Gasteiger partial charge is 0.378 e. The van der Waals surface area contributed by atoms with Crippen molar-refractivity contribution in [3.05, 3.63) is 0 Å². The number of likely N-dealkylation sites (tertiary alicyclic amines) is 1. The topological polar surface area (TPSA) is 61.9 Å². The summed E-state index contributed by atoms with van der Waals surface area (Å²) in [5, 5.41) is 3.66. The summed E-state index contributed by atoms with van der Waals surface area (Å²) in [4.78, 5) is 29.1. The normalized spacial score (nSPS) is 32.7. The first-order valence-corrected chi connectivity index (χ1v) is 10.6. The Hall–Kier alpha value is -1.14. The van der Waals surface area contributed by atoms with Gasteiger partial charge in [-0.25, -0.2) is 0 Å². The van der Waals surface area contributed by atoms with Crippen LogP contribution in [0.15, 0.2) is 0 Å². The Morgan fingerprint density at radius 1 is 0.769 bits per heavy atom. The molecule has 2 unspecified atom stereocenters. The standard InChI is InChI=1S/C20H33N3O3/c24-19(23-7-9-26-10-8-23)13-15-3-5-22(6-4-15)20(25)14-16-11-17-1-2-18(12-16)21-17/h15-18,21H,1-14H2. The van der Waals surface area contributed by atoms with Gasteiger partial charge in [-0.05, 0) is 50.4 Å². The van der Waals surface area contributed by atoms with Gasteiger partial charge in [0.05, 0.1) is 13.2 Å². The molecule has 6 heteroatoms. The van der Waals surface area contributed by atoms with Crippen molar-refractivity contribution in [3.63, 3.8) is 0 Å². The lowest BCUT2D eigenvalue weighted by Gasteiger charge is -2.35. The van der Waals surface area contributed by atoms with Gasteiger partial charge in [0.15, 0.2) is 0 Å². The molecule has 0 spiro atoms. The SMILES string of the molecule is O=C(CC1CCN(C(=O)CC2CC3CCC(C2)N3)CC1)N1CCOCC1. The number of ether oxygens (including phenoxy) is 1. The lowest BCUT2D eigenvalue weighted by Crippen LogP contribution is -2.44. The molecule has 26 heavy (non-hydrogen) atoms. The first-order valence-electron chi connectivity index (χ1n) is 10.6. The number of carbonyl (C=O) groups excluding carboxylic acids is 2. The van der Waals surface area contributed by atoms with Gasteiger partial charge in [0, 0.05) is 51.1 Å². The summed E-state index contributed by atoms with van der Waals surface area (Å²) in [7, 11) is 0. The summed E-state index contributed by atoms with van der Waals surface area (Å²) in [6.07, 6.45) is 8.24. The number of fused-ring (bicyclic) bond motifs is 2. The zero-order chi connectivity index (χ0) is 17.9. The second-order valence-electron chi connectivity index (χ2n) is 8.70. The van der Waals surface area contributed by atoms with E-state index in [1.54, 1.807) is 0 Å². The number of hydrogen-bond acceptors (Lipinski definition) is 4. The van der Waals surface area contributed by atoms with Crippen molar-refractivity contribution >= 4 is 11.8 Å². The van der Waals surface area contributed by atoms with Crippen LogP contribution in [0.3, 0.4) is 0 Å². The summed E-state index contributed by atoms with van der Waals surface area (Å²) in [5.74, 6) is 1.61. The predicted molar refractivity (Wildman–Crippen MR) is 98.6 cm³/mol. The summed E-state index contributed by atoms with van der Waals surface area (Å²) >= 11 is 0. The lowest BCUT2D eigenvalue weighted by molar-refractivity contribution is -0.137. The molecule has 0 aromatic carbocycles. The van der Waals surface area contributed by atoms with E-state index in [0.29, 0.717) is 49.5 Å². The van der Waals surface area contributed by atoms with Gasteiger partial charge in [-0.15, -0.1) is 0 Å². The fourth-order valence-corrected chi connectivity index (χ4v) is 5.29. The molecule has 4 rings (SSSR count). The number of amides is 2. The maximum Gasteiger partial charge on any atom is 0.223 e. The minimum atomic E-state index is 0.267. The van der Waals surface area contributed by atoms with Crippen molar-refractivity contribution in [2.75, 3.05) is 39.4 Å². The maximum absolute atomic E-state index is 12.7. The number of hydrogen-bond donors (Lipinski definition) is 1. The average Bonchev–Trinajstić information content (AvgIpc) is 3.01. The van der Waals surface area contributed by atoms with Gasteiger partial charge in [-0.3, -0.25) is 9.59 Å². The lowest BCUT2D eigenvalue weighted by atomic mass is 9.88. The van der Waals surface area contributed by atoms with E-state index < -0.39 is 0 Å². The minimum Gasteiger partial charge on any atom is -0.378 e. The average molecular weight is 364 g/mol. The summed E-state index contributed by atoms with van der Waals surface area (Å²) in [6.45, 7) is 4.45. The molecule has 2 atom stereocenters. The fourth-order valence-electron chi connectivity index (χ4n) is 5.29. The highest BCUT2D eigenvalue weighted by molar-refractivity contribution is 5.77. The van der Waals surface area contributed by atoms with Crippen LogP contribution in [0, 0.1) is 11.8 Å². The number of morpholine rings is 1. The molecule has 0 aliphatic carbocycles. The molecule has 4 aliphatic heterocycles. The van der Waals surface area contributed by atoms with Gasteiger partial charge < -0.3 is 19.9 Å². The molecule has 4 fully saturated rings. The number of nitrogens with one attached hydrogen (secondary N) is 1. The zero-order valence-electron chi connectivity index (χ0n) is 15.8. The van der Waals surface area contributed by atoms with Gasteiger partial charge >= 0.3 is 0 Å². The third-order valence-electron chi connectivity index (χ3n) is 6.83. The smallest absolute Gasteiger partial charge is 0.223 e. The second-order valence-corrected chi connectivity index (χ2v) is 8.70. The Bertz CT molecular complexity index is 500. The van der Waals surface area contributed by atoms with Crippen LogP contribution in [0.2, 0.25) is 0 Å². The van der Waals surface area contributed by atoms with Gasteiger partial charge in [0.1, 0.15) is 0 Å². The van der Waals surface area contributed by atoms with Crippen LogP contribution >= 0.6 is 0 Å². The van der Waals surface area contributed by atoms with Gasteiger partial charge in [-0.2, -0.15) is 0 Å². The highest BCUT2D eigenvalue weighted by Crippen LogP contribution is 2.33. The Morgan fingerprint density at radius 3 is 1.92 bits per heavy atom. The van der Waals surface area contributed by atoms with Crippen LogP contribution in [-0.4, -0.2) is 73.1 Å². The van der Waals surface area contributed by atoms with Crippen molar-refractivity contribution in [1.29, 1.82) is 0 Å². The third-order valence-corrected chi connectivity index (χ3v) is 6.83. The Kier molecular flexibility index (Phi) is 5.79. The number of carbonyl (C=O) groups is 2. The highest BCUT2D eigenvalue weighted by Gasteiger charge is 2.35. The number of piperidine rings is 2. The van der Waals surface area contributed by atoms with Gasteiger partial charge in [0.25, 0.3) is 0 Å². The number of nitrogens with zero attached hydrogens (tertiary/aromatic N) is 2. The molecule has 4 heterocycles. The van der Waals surface area contributed by atoms with Crippen LogP contribution in [0.4, 0.5) is 0 Å². The molecular formula is C20H33N3O3. The molecule has 0 radical (unpaired) electrons. The fraction of sp³-hybridized carbons (Fsp3) is 0.900. The quantitative estimate of drug-likeness (QED) is 0.820. The van der Waals surface area contributed by atoms with Gasteiger partial charge in [-0.1, -0.05) is 0 Å². The van der Waals surface area contributed by atoms with Crippen molar-refractivity contribution in [3.8, 4) is 0 Å². The van der Waals surface area contributed by atoms with Crippen LogP contribution in [0.5, 0.6) is 0 Å². The van der Waals surface area contributed by atoms with E-state index in [1.807, 2.05) is 4.90 Å². The van der Waals surface area contributed by atoms with Crippen molar-refractivity contribution in [2.45, 2.75) is 63.5 Å². The van der Waals surface area contributed by atoms with Crippen molar-refractivity contribution in [1.82, 2.24) is 15.1 Å². The summed E-state index contributed by atoms with van der Waals surface area (Å²) in [6, 6.07) is 1.31. The first-order chi connectivity index (χ1) is 12.7. The molecule has 6 nitrogen and oxygen atoms in total. The van der Waals surface area contributed by atoms with Crippen molar-refractivity contribution < 1.29 is 14.3 Å². The molecule has 0 aromatic heterocycles. The molecule has 2 bridgehead atoms. The first kappa shape index (κ1) is 18.2. The summed E-state index contributed by atoms with van der Waals surface area (Å²) in [5.41, 5.74) is 0. The van der Waals surface area contributed by atoms with E-state index in [-0.39, 0.29) is 5.91 Å². The van der Waals surface area contributed by atoms with E-state index in [1.165, 1.54) is 25.7 Å². The third kappa shape index (κ3) is 4.39. The Balaban J connectivity index is 1.18. The second kappa shape index (κ2) is 8.26. The van der Waals surface area contributed by atoms with Crippen molar-refractivity contribution in [2.24, 2.45) is 11.8 Å². The molecule has 0 aromatic rings. The van der Waals surface area contributed by atoms with Gasteiger partial charge in [0.2, 0.25) is 11.8 Å². The van der Waals surface area contributed by atoms with Crippen LogP contribution in [0.25, 0.3) is 0 Å². The van der Waals surface area contributed by atoms with E-state index in [9.17, 15) is 9.59 Å². The van der Waals surface area contributed by atoms with Crippen LogP contribution < -0.4 is 5.32 Å². The molecule has 2 amide bonds. The molecule has 1 N–H and O–H groups in total. The molecule has 4 saturated heterocycles. The Morgan fingerprint density at radius 2 is 1.31 bits per heavy atom. The molecular weight excluding hydrogens is 330 g/mol. The van der Waals surface area contributed by atoms with E-state index in [4.69, 9.17) is 4.74 Å². The molecule has 146 valence electrons. The van der Waals surface area contributed by atoms with E-state index in [2.05, 4.69) is 10.2 Å². The molecule has 0 saturated carbocycles. The number of rotatable bonds is 4. The molecule has 4 aliphatic rings. The highest BCUT2D eigenvalue weighted by atomic mass is 16.5. The minimum absolute atomic E-state index is 0.267.